The molecule has 19 heavy (non-hydrogen) atoms. The molecule has 0 saturated carbocycles. The average Bonchev–Trinajstić information content (AvgIpc) is 2.51. The van der Waals surface area contributed by atoms with Crippen molar-refractivity contribution in [3.8, 4) is 0 Å². The molecule has 1 aliphatic heterocycles. The molecule has 1 atom stereocenters. The van der Waals surface area contributed by atoms with Gasteiger partial charge in [0.1, 0.15) is 0 Å². The summed E-state index contributed by atoms with van der Waals surface area (Å²) in [6.07, 6.45) is 3.79. The van der Waals surface area contributed by atoms with Gasteiger partial charge in [-0.1, -0.05) is 69.2 Å². The average molecular weight is 276 g/mol. The van der Waals surface area contributed by atoms with Crippen LogP contribution in [0.2, 0.25) is 18.1 Å². The van der Waals surface area contributed by atoms with E-state index in [2.05, 4.69) is 51.1 Å². The Morgan fingerprint density at radius 3 is 2.11 bits per heavy atom. The maximum atomic E-state index is 6.55. The van der Waals surface area contributed by atoms with E-state index in [0.717, 1.165) is 6.61 Å². The lowest BCUT2D eigenvalue weighted by Crippen LogP contribution is -2.58. The van der Waals surface area contributed by atoms with E-state index in [1.807, 2.05) is 0 Å². The van der Waals surface area contributed by atoms with Crippen LogP contribution in [0, 0.1) is 0 Å². The molecule has 0 bridgehead atoms. The monoisotopic (exact) mass is 276 g/mol. The maximum absolute atomic E-state index is 6.55. The van der Waals surface area contributed by atoms with E-state index in [1.54, 1.807) is 0 Å². The minimum Gasteiger partial charge on any atom is -0.374 e. The van der Waals surface area contributed by atoms with Crippen LogP contribution >= 0.6 is 0 Å². The summed E-state index contributed by atoms with van der Waals surface area (Å²) in [6, 6.07) is 15.1. The first-order valence-corrected chi connectivity index (χ1v) is 10.6. The summed E-state index contributed by atoms with van der Waals surface area (Å²) in [5.41, 5.74) is 1.45. The van der Waals surface area contributed by atoms with Crippen LogP contribution in [-0.4, -0.2) is 14.7 Å². The van der Waals surface area contributed by atoms with E-state index in [-0.39, 0.29) is 5.22 Å². The first-order valence-electron chi connectivity index (χ1n) is 7.94. The van der Waals surface area contributed by atoms with E-state index >= 15 is 0 Å². The Bertz CT molecular complexity index is 369. The minimum absolute atomic E-state index is 0.0742. The third-order valence-corrected chi connectivity index (χ3v) is 11.9. The Hall–Kier alpha value is -0.603. The number of benzene rings is 1. The molecule has 1 fully saturated rings. The van der Waals surface area contributed by atoms with Crippen LogP contribution in [-0.2, 0) is 9.96 Å². The van der Waals surface area contributed by atoms with E-state index in [1.165, 1.54) is 43.0 Å². The molecule has 0 radical (unpaired) electrons. The van der Waals surface area contributed by atoms with E-state index in [0.29, 0.717) is 0 Å². The van der Waals surface area contributed by atoms with Crippen molar-refractivity contribution in [2.24, 2.45) is 0 Å². The van der Waals surface area contributed by atoms with Gasteiger partial charge in [0.2, 0.25) is 0 Å². The molecule has 0 N–H and O–H groups in total. The smallest absolute Gasteiger partial charge is 0.0964 e. The molecule has 1 aromatic rings. The van der Waals surface area contributed by atoms with Gasteiger partial charge in [-0.25, -0.2) is 0 Å². The van der Waals surface area contributed by atoms with Crippen molar-refractivity contribution in [1.29, 1.82) is 0 Å². The van der Waals surface area contributed by atoms with E-state index in [4.69, 9.17) is 4.74 Å². The Morgan fingerprint density at radius 2 is 1.63 bits per heavy atom. The second-order valence-corrected chi connectivity index (χ2v) is 11.3. The van der Waals surface area contributed by atoms with Gasteiger partial charge in [0.25, 0.3) is 0 Å². The number of ether oxygens (including phenoxy) is 1. The van der Waals surface area contributed by atoms with E-state index < -0.39 is 8.07 Å². The highest BCUT2D eigenvalue weighted by atomic mass is 28.3. The summed E-state index contributed by atoms with van der Waals surface area (Å²) in [7, 11) is -1.43. The standard InChI is InChI=1S/C17H28OSi/c1-4-19(5-2,6-3)17(14-10-11-15-18-17)16-12-8-7-9-13-16/h7-9,12-13H,4-6,10-11,14-15H2,1-3H3. The van der Waals surface area contributed by atoms with Crippen molar-refractivity contribution in [1.82, 2.24) is 0 Å². The van der Waals surface area contributed by atoms with Gasteiger partial charge in [-0.15, -0.1) is 0 Å². The molecule has 1 aromatic carbocycles. The summed E-state index contributed by atoms with van der Waals surface area (Å²) in [4.78, 5) is 0. The Morgan fingerprint density at radius 1 is 1.00 bits per heavy atom. The SMILES string of the molecule is CC[Si](CC)(CC)C1(c2ccccc2)CCCCO1. The molecule has 2 heteroatoms. The molecule has 1 saturated heterocycles. The topological polar surface area (TPSA) is 9.23 Å². The second kappa shape index (κ2) is 6.23. The van der Waals surface area contributed by atoms with Crippen molar-refractivity contribution < 1.29 is 4.74 Å². The van der Waals surface area contributed by atoms with E-state index in [9.17, 15) is 0 Å². The fraction of sp³-hybridized carbons (Fsp3) is 0.647. The van der Waals surface area contributed by atoms with Crippen LogP contribution in [0.15, 0.2) is 30.3 Å². The fourth-order valence-corrected chi connectivity index (χ4v) is 9.17. The van der Waals surface area contributed by atoms with Crippen LogP contribution in [0.25, 0.3) is 0 Å². The largest absolute Gasteiger partial charge is 0.374 e. The van der Waals surface area contributed by atoms with Crippen molar-refractivity contribution in [2.45, 2.75) is 63.4 Å². The number of hydrogen-bond acceptors (Lipinski definition) is 1. The minimum atomic E-state index is -1.43. The molecule has 1 unspecified atom stereocenters. The zero-order valence-corrected chi connectivity index (χ0v) is 13.7. The highest BCUT2D eigenvalue weighted by Gasteiger charge is 2.52. The normalized spacial score (nSPS) is 24.4. The Labute approximate surface area is 119 Å². The first kappa shape index (κ1) is 14.8. The zero-order valence-electron chi connectivity index (χ0n) is 12.7. The molecule has 0 aliphatic carbocycles. The van der Waals surface area contributed by atoms with Gasteiger partial charge >= 0.3 is 0 Å². The van der Waals surface area contributed by atoms with Crippen LogP contribution in [0.5, 0.6) is 0 Å². The summed E-state index contributed by atoms with van der Waals surface area (Å²) in [5.74, 6) is 0. The molecule has 106 valence electrons. The molecular weight excluding hydrogens is 248 g/mol. The summed E-state index contributed by atoms with van der Waals surface area (Å²) >= 11 is 0. The lowest BCUT2D eigenvalue weighted by Gasteiger charge is -2.51. The van der Waals surface area contributed by atoms with Crippen LogP contribution < -0.4 is 0 Å². The van der Waals surface area contributed by atoms with Gasteiger partial charge in [-0.3, -0.25) is 0 Å². The highest BCUT2D eigenvalue weighted by Crippen LogP contribution is 2.47. The van der Waals surface area contributed by atoms with Crippen molar-refractivity contribution >= 4 is 8.07 Å². The van der Waals surface area contributed by atoms with Gasteiger partial charge in [0, 0.05) is 6.61 Å². The lowest BCUT2D eigenvalue weighted by molar-refractivity contribution is -0.0316. The van der Waals surface area contributed by atoms with Crippen LogP contribution in [0.3, 0.4) is 0 Å². The van der Waals surface area contributed by atoms with Crippen molar-refractivity contribution in [3.63, 3.8) is 0 Å². The van der Waals surface area contributed by atoms with Gasteiger partial charge in [-0.05, 0) is 24.8 Å². The van der Waals surface area contributed by atoms with Crippen LogP contribution in [0.4, 0.5) is 0 Å². The van der Waals surface area contributed by atoms with Gasteiger partial charge in [-0.2, -0.15) is 0 Å². The van der Waals surface area contributed by atoms with Gasteiger partial charge in [0.05, 0.1) is 13.3 Å². The second-order valence-electron chi connectivity index (χ2n) is 5.84. The quantitative estimate of drug-likeness (QED) is 0.677. The Kier molecular flexibility index (Phi) is 4.85. The number of rotatable bonds is 5. The molecule has 2 rings (SSSR count). The molecule has 0 amide bonds. The fourth-order valence-electron chi connectivity index (χ4n) is 4.06. The van der Waals surface area contributed by atoms with Crippen molar-refractivity contribution in [2.75, 3.05) is 6.61 Å². The van der Waals surface area contributed by atoms with Gasteiger partial charge in [0.15, 0.2) is 0 Å². The molecule has 1 heterocycles. The summed E-state index contributed by atoms with van der Waals surface area (Å²) < 4.78 is 6.55. The van der Waals surface area contributed by atoms with Crippen molar-refractivity contribution in [3.05, 3.63) is 35.9 Å². The predicted octanol–water partition coefficient (Wildman–Crippen LogP) is 5.13. The summed E-state index contributed by atoms with van der Waals surface area (Å²) in [5, 5.41) is 0.0742. The highest BCUT2D eigenvalue weighted by molar-refractivity contribution is 6.82. The Balaban J connectivity index is 2.51. The zero-order chi connectivity index (χ0) is 13.8. The number of hydrogen-bond donors (Lipinski definition) is 0. The predicted molar refractivity (Wildman–Crippen MR) is 85.1 cm³/mol. The molecule has 0 spiro atoms. The first-order chi connectivity index (χ1) is 9.24. The lowest BCUT2D eigenvalue weighted by atomic mass is 10.0. The molecule has 1 nitrogen and oxygen atoms in total. The molecular formula is C17H28OSi. The van der Waals surface area contributed by atoms with Crippen LogP contribution in [0.1, 0.15) is 45.6 Å². The van der Waals surface area contributed by atoms with Gasteiger partial charge < -0.3 is 4.74 Å². The molecule has 1 aliphatic rings. The third-order valence-electron chi connectivity index (χ3n) is 5.40. The maximum Gasteiger partial charge on any atom is 0.0964 e. The third kappa shape index (κ3) is 2.41. The summed E-state index contributed by atoms with van der Waals surface area (Å²) in [6.45, 7) is 8.12. The molecule has 0 aromatic heterocycles.